The number of hydrogen-bond donors (Lipinski definition) is 1. The third-order valence-electron chi connectivity index (χ3n) is 2.58. The van der Waals surface area contributed by atoms with Crippen molar-refractivity contribution in [2.45, 2.75) is 17.2 Å². The molecule has 3 nitrogen and oxygen atoms in total. The van der Waals surface area contributed by atoms with Gasteiger partial charge in [0.25, 0.3) is 0 Å². The van der Waals surface area contributed by atoms with E-state index in [0.717, 1.165) is 5.03 Å². The first-order valence-electron chi connectivity index (χ1n) is 6.00. The van der Waals surface area contributed by atoms with Crippen molar-refractivity contribution in [3.8, 4) is 0 Å². The fourth-order valence-corrected chi connectivity index (χ4v) is 2.75. The van der Waals surface area contributed by atoms with Crippen LogP contribution in [-0.4, -0.2) is 16.1 Å². The van der Waals surface area contributed by atoms with E-state index in [1.165, 1.54) is 11.8 Å². The number of amides is 1. The van der Waals surface area contributed by atoms with Crippen LogP contribution in [0, 0.1) is 0 Å². The Bertz CT molecular complexity index is 649. The molecule has 0 radical (unpaired) electrons. The number of nitrogens with zero attached hydrogens (tertiary/aromatic N) is 1. The molecule has 0 aliphatic carbocycles. The van der Waals surface area contributed by atoms with Crippen LogP contribution in [0.3, 0.4) is 0 Å². The van der Waals surface area contributed by atoms with Crippen molar-refractivity contribution in [1.29, 1.82) is 0 Å². The molecule has 0 saturated carbocycles. The summed E-state index contributed by atoms with van der Waals surface area (Å²) in [5, 5.41) is 4.42. The summed E-state index contributed by atoms with van der Waals surface area (Å²) in [4.78, 5) is 16.3. The number of aromatic nitrogens is 1. The first-order chi connectivity index (χ1) is 9.97. The van der Waals surface area contributed by atoms with Crippen molar-refractivity contribution in [1.82, 2.24) is 4.98 Å². The van der Waals surface area contributed by atoms with Crippen LogP contribution in [0.2, 0.25) is 15.1 Å². The molecular weight excluding hydrogens is 351 g/mol. The van der Waals surface area contributed by atoms with E-state index in [1.807, 2.05) is 0 Å². The van der Waals surface area contributed by atoms with Gasteiger partial charge >= 0.3 is 0 Å². The van der Waals surface area contributed by atoms with Crippen molar-refractivity contribution in [2.75, 3.05) is 5.32 Å². The molecule has 0 spiro atoms. The van der Waals surface area contributed by atoms with Gasteiger partial charge in [0.15, 0.2) is 0 Å². The topological polar surface area (TPSA) is 42.0 Å². The lowest BCUT2D eigenvalue weighted by Crippen LogP contribution is -2.22. The van der Waals surface area contributed by atoms with Gasteiger partial charge in [-0.25, -0.2) is 4.98 Å². The van der Waals surface area contributed by atoms with Crippen LogP contribution in [0.15, 0.2) is 41.6 Å². The number of rotatable bonds is 4. The minimum Gasteiger partial charge on any atom is -0.324 e. The zero-order valence-corrected chi connectivity index (χ0v) is 14.0. The third kappa shape index (κ3) is 4.51. The highest BCUT2D eigenvalue weighted by atomic mass is 35.5. The van der Waals surface area contributed by atoms with E-state index in [9.17, 15) is 4.79 Å². The third-order valence-corrected chi connectivity index (χ3v) is 4.67. The maximum atomic E-state index is 12.2. The number of nitrogens with one attached hydrogen (secondary N) is 1. The molecule has 1 N–H and O–H groups in total. The fourth-order valence-electron chi connectivity index (χ4n) is 1.50. The van der Waals surface area contributed by atoms with E-state index in [-0.39, 0.29) is 11.2 Å². The SMILES string of the molecule is CC(Sc1ccc(Cl)cn1)C(=O)Nc1cccc(Cl)c1Cl. The molecule has 1 heterocycles. The molecule has 21 heavy (non-hydrogen) atoms. The van der Waals surface area contributed by atoms with E-state index in [4.69, 9.17) is 34.8 Å². The second kappa shape index (κ2) is 7.36. The van der Waals surface area contributed by atoms with E-state index < -0.39 is 0 Å². The highest BCUT2D eigenvalue weighted by Gasteiger charge is 2.17. The number of benzene rings is 1. The van der Waals surface area contributed by atoms with Crippen LogP contribution in [-0.2, 0) is 4.79 Å². The fraction of sp³-hybridized carbons (Fsp3) is 0.143. The number of pyridine rings is 1. The molecule has 0 bridgehead atoms. The Labute approximate surface area is 142 Å². The standard InChI is InChI=1S/C14H11Cl3N2OS/c1-8(21-12-6-5-9(15)7-18-12)14(20)19-11-4-2-3-10(16)13(11)17/h2-8H,1H3,(H,19,20). The molecule has 2 aromatic rings. The Morgan fingerprint density at radius 3 is 2.67 bits per heavy atom. The molecule has 0 saturated heterocycles. The number of carbonyl (C=O) groups is 1. The number of thioether (sulfide) groups is 1. The molecule has 1 atom stereocenters. The second-order valence-corrected chi connectivity index (χ2v) is 6.75. The number of anilines is 1. The Kier molecular flexibility index (Phi) is 5.76. The van der Waals surface area contributed by atoms with E-state index >= 15 is 0 Å². The van der Waals surface area contributed by atoms with Gasteiger partial charge in [-0.3, -0.25) is 4.79 Å². The summed E-state index contributed by atoms with van der Waals surface area (Å²) in [6.45, 7) is 1.79. The quantitative estimate of drug-likeness (QED) is 0.765. The molecule has 1 aromatic heterocycles. The highest BCUT2D eigenvalue weighted by Crippen LogP contribution is 2.30. The molecule has 7 heteroatoms. The second-order valence-electron chi connectivity index (χ2n) is 4.17. The molecule has 2 rings (SSSR count). The number of carbonyl (C=O) groups excluding carboxylic acids is 1. The van der Waals surface area contributed by atoms with Gasteiger partial charge in [-0.2, -0.15) is 0 Å². The van der Waals surface area contributed by atoms with Crippen molar-refractivity contribution in [2.24, 2.45) is 0 Å². The lowest BCUT2D eigenvalue weighted by Gasteiger charge is -2.13. The monoisotopic (exact) mass is 360 g/mol. The van der Waals surface area contributed by atoms with Gasteiger partial charge in [-0.1, -0.05) is 52.6 Å². The summed E-state index contributed by atoms with van der Waals surface area (Å²) >= 11 is 19.1. The van der Waals surface area contributed by atoms with Gasteiger partial charge in [0, 0.05) is 6.20 Å². The van der Waals surface area contributed by atoms with Crippen LogP contribution in [0.25, 0.3) is 0 Å². The van der Waals surface area contributed by atoms with Crippen LogP contribution in [0.4, 0.5) is 5.69 Å². The average molecular weight is 362 g/mol. The van der Waals surface area contributed by atoms with Gasteiger partial charge in [0.2, 0.25) is 5.91 Å². The molecule has 1 amide bonds. The zero-order valence-electron chi connectivity index (χ0n) is 10.9. The maximum Gasteiger partial charge on any atom is 0.237 e. The van der Waals surface area contributed by atoms with Gasteiger partial charge in [0.05, 0.1) is 31.0 Å². The summed E-state index contributed by atoms with van der Waals surface area (Å²) in [5.74, 6) is -0.180. The smallest absolute Gasteiger partial charge is 0.237 e. The van der Waals surface area contributed by atoms with Gasteiger partial charge in [-0.05, 0) is 31.2 Å². The van der Waals surface area contributed by atoms with Crippen LogP contribution in [0.1, 0.15) is 6.92 Å². The summed E-state index contributed by atoms with van der Waals surface area (Å²) in [7, 11) is 0. The Morgan fingerprint density at radius 2 is 2.00 bits per heavy atom. The Hall–Kier alpha value is -0.940. The lowest BCUT2D eigenvalue weighted by molar-refractivity contribution is -0.115. The lowest BCUT2D eigenvalue weighted by atomic mass is 10.3. The minimum atomic E-state index is -0.339. The van der Waals surface area contributed by atoms with Crippen molar-refractivity contribution < 1.29 is 4.79 Å². The first kappa shape index (κ1) is 16.4. The molecule has 0 fully saturated rings. The predicted octanol–water partition coefficient (Wildman–Crippen LogP) is 5.16. The average Bonchev–Trinajstić information content (AvgIpc) is 2.46. The molecule has 1 aromatic carbocycles. The maximum absolute atomic E-state index is 12.2. The largest absolute Gasteiger partial charge is 0.324 e. The Morgan fingerprint density at radius 1 is 1.24 bits per heavy atom. The number of halogens is 3. The van der Waals surface area contributed by atoms with Gasteiger partial charge in [-0.15, -0.1) is 0 Å². The van der Waals surface area contributed by atoms with E-state index in [1.54, 1.807) is 43.5 Å². The van der Waals surface area contributed by atoms with Crippen LogP contribution >= 0.6 is 46.6 Å². The van der Waals surface area contributed by atoms with Gasteiger partial charge in [0.1, 0.15) is 0 Å². The van der Waals surface area contributed by atoms with Gasteiger partial charge < -0.3 is 5.32 Å². The van der Waals surface area contributed by atoms with Crippen molar-refractivity contribution in [3.63, 3.8) is 0 Å². The molecule has 1 unspecified atom stereocenters. The van der Waals surface area contributed by atoms with Crippen LogP contribution < -0.4 is 5.32 Å². The van der Waals surface area contributed by atoms with Crippen molar-refractivity contribution in [3.05, 3.63) is 51.6 Å². The summed E-state index contributed by atoms with van der Waals surface area (Å²) in [6.07, 6.45) is 1.54. The summed E-state index contributed by atoms with van der Waals surface area (Å²) in [5.41, 5.74) is 0.491. The Balaban J connectivity index is 2.02. The summed E-state index contributed by atoms with van der Waals surface area (Å²) < 4.78 is 0. The highest BCUT2D eigenvalue weighted by molar-refractivity contribution is 8.00. The molecule has 110 valence electrons. The minimum absolute atomic E-state index is 0.180. The van der Waals surface area contributed by atoms with Crippen molar-refractivity contribution >= 4 is 58.2 Å². The zero-order chi connectivity index (χ0) is 15.4. The van der Waals surface area contributed by atoms with E-state index in [2.05, 4.69) is 10.3 Å². The number of hydrogen-bond acceptors (Lipinski definition) is 3. The molecular formula is C14H11Cl3N2OS. The predicted molar refractivity (Wildman–Crippen MR) is 89.7 cm³/mol. The molecule has 0 aliphatic rings. The summed E-state index contributed by atoms with van der Waals surface area (Å²) in [6, 6.07) is 8.58. The normalized spacial score (nSPS) is 12.0. The first-order valence-corrected chi connectivity index (χ1v) is 8.02. The van der Waals surface area contributed by atoms with E-state index in [0.29, 0.717) is 20.8 Å². The van der Waals surface area contributed by atoms with Crippen LogP contribution in [0.5, 0.6) is 0 Å². The molecule has 0 aliphatic heterocycles.